The second-order valence-corrected chi connectivity index (χ2v) is 5.11. The monoisotopic (exact) mass is 224 g/mol. The quantitative estimate of drug-likeness (QED) is 0.828. The maximum absolute atomic E-state index is 11.4. The summed E-state index contributed by atoms with van der Waals surface area (Å²) in [6.07, 6.45) is 0. The van der Waals surface area contributed by atoms with Crippen molar-refractivity contribution in [3.8, 4) is 0 Å². The number of hydrogen-bond acceptors (Lipinski definition) is 2. The first-order valence-corrected chi connectivity index (χ1v) is 5.44. The molecule has 0 radical (unpaired) electrons. The number of hydrogen-bond donors (Lipinski definition) is 2. The van der Waals surface area contributed by atoms with Gasteiger partial charge in [0.1, 0.15) is 11.5 Å². The number of furan rings is 1. The van der Waals surface area contributed by atoms with Crippen LogP contribution >= 0.6 is 0 Å². The van der Waals surface area contributed by atoms with Crippen molar-refractivity contribution in [2.75, 3.05) is 6.54 Å². The summed E-state index contributed by atoms with van der Waals surface area (Å²) in [5.41, 5.74) is 0.0958. The van der Waals surface area contributed by atoms with Gasteiger partial charge in [0.2, 0.25) is 0 Å². The van der Waals surface area contributed by atoms with E-state index in [4.69, 9.17) is 4.42 Å². The Morgan fingerprint density at radius 3 is 2.50 bits per heavy atom. The highest BCUT2D eigenvalue weighted by atomic mass is 16.3. The third-order valence-electron chi connectivity index (χ3n) is 2.00. The molecule has 0 unspecified atom stereocenters. The molecule has 0 saturated carbocycles. The molecule has 1 aromatic rings. The molecule has 90 valence electrons. The molecule has 1 aromatic heterocycles. The van der Waals surface area contributed by atoms with Gasteiger partial charge in [-0.05, 0) is 24.5 Å². The van der Waals surface area contributed by atoms with E-state index in [9.17, 15) is 4.79 Å². The molecule has 1 rings (SSSR count). The minimum atomic E-state index is -0.163. The molecule has 0 bridgehead atoms. The number of carbonyl (C=O) groups excluding carboxylic acids is 1. The van der Waals surface area contributed by atoms with E-state index in [1.54, 1.807) is 0 Å². The van der Waals surface area contributed by atoms with E-state index in [-0.39, 0.29) is 11.4 Å². The van der Waals surface area contributed by atoms with Crippen molar-refractivity contribution in [3.05, 3.63) is 23.7 Å². The van der Waals surface area contributed by atoms with Crippen molar-refractivity contribution in [1.29, 1.82) is 0 Å². The molecule has 16 heavy (non-hydrogen) atoms. The zero-order valence-electron chi connectivity index (χ0n) is 10.4. The molecule has 0 aromatic carbocycles. The lowest BCUT2D eigenvalue weighted by Gasteiger charge is -2.18. The highest BCUT2D eigenvalue weighted by Gasteiger charge is 2.11. The number of urea groups is 1. The lowest BCUT2D eigenvalue weighted by Crippen LogP contribution is -2.39. The van der Waals surface area contributed by atoms with Gasteiger partial charge in [0.25, 0.3) is 0 Å². The number of carbonyl (C=O) groups is 1. The SMILES string of the molecule is Cc1ccc(CNC(=O)NCC(C)(C)C)o1. The van der Waals surface area contributed by atoms with E-state index >= 15 is 0 Å². The molecule has 4 heteroatoms. The molecule has 0 saturated heterocycles. The van der Waals surface area contributed by atoms with Crippen LogP contribution in [-0.4, -0.2) is 12.6 Å². The van der Waals surface area contributed by atoms with E-state index in [2.05, 4.69) is 31.4 Å². The van der Waals surface area contributed by atoms with Crippen LogP contribution in [0.4, 0.5) is 4.79 Å². The number of nitrogens with one attached hydrogen (secondary N) is 2. The zero-order chi connectivity index (χ0) is 12.2. The average Bonchev–Trinajstić information content (AvgIpc) is 2.57. The first-order valence-electron chi connectivity index (χ1n) is 5.44. The highest BCUT2D eigenvalue weighted by molar-refractivity contribution is 5.73. The Bertz CT molecular complexity index is 350. The molecule has 0 spiro atoms. The van der Waals surface area contributed by atoms with Gasteiger partial charge in [0.15, 0.2) is 0 Å². The van der Waals surface area contributed by atoms with Crippen LogP contribution in [0.2, 0.25) is 0 Å². The van der Waals surface area contributed by atoms with Gasteiger partial charge in [-0.1, -0.05) is 20.8 Å². The van der Waals surface area contributed by atoms with Crippen molar-refractivity contribution in [1.82, 2.24) is 10.6 Å². The Balaban J connectivity index is 2.25. The predicted molar refractivity (Wildman–Crippen MR) is 63.1 cm³/mol. The van der Waals surface area contributed by atoms with Crippen LogP contribution in [0.3, 0.4) is 0 Å². The smallest absolute Gasteiger partial charge is 0.315 e. The molecule has 0 aliphatic rings. The third kappa shape index (κ3) is 4.87. The number of aryl methyl sites for hydroxylation is 1. The standard InChI is InChI=1S/C12H20N2O2/c1-9-5-6-10(16-9)7-13-11(15)14-8-12(2,3)4/h5-6H,7-8H2,1-4H3,(H2,13,14,15). The first-order chi connectivity index (χ1) is 7.37. The first kappa shape index (κ1) is 12.6. The van der Waals surface area contributed by atoms with Crippen molar-refractivity contribution in [2.45, 2.75) is 34.2 Å². The van der Waals surface area contributed by atoms with Crippen LogP contribution in [0.25, 0.3) is 0 Å². The van der Waals surface area contributed by atoms with Crippen molar-refractivity contribution in [2.24, 2.45) is 5.41 Å². The molecule has 0 aliphatic carbocycles. The molecule has 0 fully saturated rings. The number of rotatable bonds is 3. The average molecular weight is 224 g/mol. The second kappa shape index (κ2) is 5.05. The van der Waals surface area contributed by atoms with Crippen LogP contribution in [0.15, 0.2) is 16.5 Å². The van der Waals surface area contributed by atoms with Gasteiger partial charge in [-0.15, -0.1) is 0 Å². The lowest BCUT2D eigenvalue weighted by molar-refractivity contribution is 0.234. The van der Waals surface area contributed by atoms with Crippen molar-refractivity contribution >= 4 is 6.03 Å². The van der Waals surface area contributed by atoms with Crippen LogP contribution < -0.4 is 10.6 Å². The van der Waals surface area contributed by atoms with Gasteiger partial charge in [0, 0.05) is 6.54 Å². The molecule has 2 N–H and O–H groups in total. The fourth-order valence-electron chi connectivity index (χ4n) is 1.16. The fourth-order valence-corrected chi connectivity index (χ4v) is 1.16. The summed E-state index contributed by atoms with van der Waals surface area (Å²) in [6.45, 7) is 9.17. The summed E-state index contributed by atoms with van der Waals surface area (Å²) in [5.74, 6) is 1.62. The van der Waals surface area contributed by atoms with Crippen LogP contribution in [0, 0.1) is 12.3 Å². The van der Waals surface area contributed by atoms with Gasteiger partial charge < -0.3 is 15.1 Å². The summed E-state index contributed by atoms with van der Waals surface area (Å²) in [6, 6.07) is 3.58. The summed E-state index contributed by atoms with van der Waals surface area (Å²) in [5, 5.41) is 5.55. The normalized spacial score (nSPS) is 11.2. The summed E-state index contributed by atoms with van der Waals surface area (Å²) in [7, 11) is 0. The molecular formula is C12H20N2O2. The van der Waals surface area contributed by atoms with E-state index in [1.165, 1.54) is 0 Å². The van der Waals surface area contributed by atoms with Crippen LogP contribution in [0.1, 0.15) is 32.3 Å². The Labute approximate surface area is 96.4 Å². The largest absolute Gasteiger partial charge is 0.465 e. The predicted octanol–water partition coefficient (Wildman–Crippen LogP) is 2.43. The summed E-state index contributed by atoms with van der Waals surface area (Å²) >= 11 is 0. The van der Waals surface area contributed by atoms with Gasteiger partial charge in [-0.25, -0.2) is 4.79 Å². The Kier molecular flexibility index (Phi) is 3.99. The maximum atomic E-state index is 11.4. The van der Waals surface area contributed by atoms with E-state index in [1.807, 2.05) is 19.1 Å². The van der Waals surface area contributed by atoms with Gasteiger partial charge >= 0.3 is 6.03 Å². The summed E-state index contributed by atoms with van der Waals surface area (Å²) < 4.78 is 5.34. The molecular weight excluding hydrogens is 204 g/mol. The Morgan fingerprint density at radius 1 is 1.31 bits per heavy atom. The van der Waals surface area contributed by atoms with Gasteiger partial charge in [-0.2, -0.15) is 0 Å². The van der Waals surface area contributed by atoms with Crippen LogP contribution in [-0.2, 0) is 6.54 Å². The Hall–Kier alpha value is -1.45. The Morgan fingerprint density at radius 2 is 2.00 bits per heavy atom. The minimum Gasteiger partial charge on any atom is -0.465 e. The minimum absolute atomic E-state index is 0.0958. The molecule has 0 aliphatic heterocycles. The van der Waals surface area contributed by atoms with Gasteiger partial charge in [0.05, 0.1) is 6.54 Å². The molecule has 4 nitrogen and oxygen atoms in total. The van der Waals surface area contributed by atoms with Gasteiger partial charge in [-0.3, -0.25) is 0 Å². The summed E-state index contributed by atoms with van der Waals surface area (Å²) in [4.78, 5) is 11.4. The molecule has 1 heterocycles. The third-order valence-corrected chi connectivity index (χ3v) is 2.00. The van der Waals surface area contributed by atoms with Crippen LogP contribution in [0.5, 0.6) is 0 Å². The van der Waals surface area contributed by atoms with E-state index in [0.717, 1.165) is 11.5 Å². The van der Waals surface area contributed by atoms with E-state index < -0.39 is 0 Å². The number of amides is 2. The molecule has 2 amide bonds. The zero-order valence-corrected chi connectivity index (χ0v) is 10.4. The second-order valence-electron chi connectivity index (χ2n) is 5.11. The van der Waals surface area contributed by atoms with Crippen molar-refractivity contribution in [3.63, 3.8) is 0 Å². The van der Waals surface area contributed by atoms with Crippen molar-refractivity contribution < 1.29 is 9.21 Å². The molecule has 0 atom stereocenters. The fraction of sp³-hybridized carbons (Fsp3) is 0.583. The lowest BCUT2D eigenvalue weighted by atomic mass is 9.97. The van der Waals surface area contributed by atoms with E-state index in [0.29, 0.717) is 13.1 Å². The topological polar surface area (TPSA) is 54.3 Å². The highest BCUT2D eigenvalue weighted by Crippen LogP contribution is 2.10. The maximum Gasteiger partial charge on any atom is 0.315 e.